The number of halogens is 1. The van der Waals surface area contributed by atoms with Crippen LogP contribution in [-0.2, 0) is 0 Å². The molecule has 60 valence electrons. The van der Waals surface area contributed by atoms with E-state index in [1.165, 1.54) is 12.3 Å². The van der Waals surface area contributed by atoms with Gasteiger partial charge in [0.05, 0.1) is 6.10 Å². The molecule has 1 aromatic heterocycles. The Morgan fingerprint density at radius 1 is 1.64 bits per heavy atom. The summed E-state index contributed by atoms with van der Waals surface area (Å²) >= 11 is 0. The summed E-state index contributed by atoms with van der Waals surface area (Å²) in [5.74, 6) is -0.550. The second-order valence-electron chi connectivity index (χ2n) is 2.54. The van der Waals surface area contributed by atoms with E-state index in [-0.39, 0.29) is 0 Å². The van der Waals surface area contributed by atoms with Crippen LogP contribution < -0.4 is 0 Å². The topological polar surface area (TPSA) is 33.1 Å². The standard InChI is InChI=1S/C8H10FNO/c1-5-4-10-8(9)3-7(5)6(2)11/h3-4,6,11H,1-2H3. The van der Waals surface area contributed by atoms with Crippen LogP contribution in [0.25, 0.3) is 0 Å². The number of nitrogens with zero attached hydrogens (tertiary/aromatic N) is 1. The molecule has 2 nitrogen and oxygen atoms in total. The molecule has 0 saturated heterocycles. The van der Waals surface area contributed by atoms with Crippen LogP contribution in [0.1, 0.15) is 24.2 Å². The molecule has 1 rings (SSSR count). The number of aromatic nitrogens is 1. The van der Waals surface area contributed by atoms with Gasteiger partial charge in [-0.15, -0.1) is 0 Å². The van der Waals surface area contributed by atoms with Gasteiger partial charge in [0.15, 0.2) is 0 Å². The first-order valence-electron chi connectivity index (χ1n) is 3.41. The molecule has 1 N–H and O–H groups in total. The van der Waals surface area contributed by atoms with Crippen LogP contribution in [0.2, 0.25) is 0 Å². The van der Waals surface area contributed by atoms with Gasteiger partial charge in [-0.1, -0.05) is 0 Å². The lowest BCUT2D eigenvalue weighted by atomic mass is 10.1. The smallest absolute Gasteiger partial charge is 0.213 e. The van der Waals surface area contributed by atoms with E-state index in [0.29, 0.717) is 5.56 Å². The van der Waals surface area contributed by atoms with Crippen molar-refractivity contribution in [3.8, 4) is 0 Å². The molecule has 0 aliphatic heterocycles. The summed E-state index contributed by atoms with van der Waals surface area (Å²) in [7, 11) is 0. The molecular formula is C8H10FNO. The third kappa shape index (κ3) is 1.74. The third-order valence-corrected chi connectivity index (χ3v) is 1.56. The monoisotopic (exact) mass is 155 g/mol. The zero-order valence-corrected chi connectivity index (χ0v) is 6.50. The summed E-state index contributed by atoms with van der Waals surface area (Å²) < 4.78 is 12.5. The minimum absolute atomic E-state index is 0.550. The Balaban J connectivity index is 3.13. The molecule has 0 radical (unpaired) electrons. The first-order valence-corrected chi connectivity index (χ1v) is 3.41. The Morgan fingerprint density at radius 2 is 2.27 bits per heavy atom. The summed E-state index contributed by atoms with van der Waals surface area (Å²) in [5, 5.41) is 9.13. The predicted molar refractivity (Wildman–Crippen MR) is 39.6 cm³/mol. The zero-order valence-electron chi connectivity index (χ0n) is 6.50. The van der Waals surface area contributed by atoms with E-state index in [9.17, 15) is 4.39 Å². The van der Waals surface area contributed by atoms with E-state index in [4.69, 9.17) is 5.11 Å². The number of pyridine rings is 1. The van der Waals surface area contributed by atoms with Gasteiger partial charge in [0.2, 0.25) is 5.95 Å². The van der Waals surface area contributed by atoms with Crippen LogP contribution in [0.4, 0.5) is 4.39 Å². The molecule has 11 heavy (non-hydrogen) atoms. The van der Waals surface area contributed by atoms with Crippen molar-refractivity contribution in [1.29, 1.82) is 0 Å². The van der Waals surface area contributed by atoms with Gasteiger partial charge in [0.25, 0.3) is 0 Å². The van der Waals surface area contributed by atoms with E-state index in [1.54, 1.807) is 13.8 Å². The van der Waals surface area contributed by atoms with Gasteiger partial charge < -0.3 is 5.11 Å². The highest BCUT2D eigenvalue weighted by molar-refractivity contribution is 5.23. The molecular weight excluding hydrogens is 145 g/mol. The minimum Gasteiger partial charge on any atom is -0.389 e. The molecule has 3 heteroatoms. The highest BCUT2D eigenvalue weighted by Crippen LogP contribution is 2.15. The average Bonchev–Trinajstić information content (AvgIpc) is 1.94. The molecule has 0 fully saturated rings. The van der Waals surface area contributed by atoms with Crippen molar-refractivity contribution in [1.82, 2.24) is 4.98 Å². The third-order valence-electron chi connectivity index (χ3n) is 1.56. The summed E-state index contributed by atoms with van der Waals surface area (Å²) in [5.41, 5.74) is 1.40. The van der Waals surface area contributed by atoms with Gasteiger partial charge in [0.1, 0.15) is 0 Å². The Hall–Kier alpha value is -0.960. The van der Waals surface area contributed by atoms with Crippen molar-refractivity contribution in [2.45, 2.75) is 20.0 Å². The first kappa shape index (κ1) is 8.14. The largest absolute Gasteiger partial charge is 0.389 e. The number of rotatable bonds is 1. The molecule has 0 aromatic carbocycles. The molecule has 0 saturated carbocycles. The highest BCUT2D eigenvalue weighted by Gasteiger charge is 2.05. The first-order chi connectivity index (χ1) is 5.11. The fraction of sp³-hybridized carbons (Fsp3) is 0.375. The Bertz CT molecular complexity index is 260. The van der Waals surface area contributed by atoms with Crippen LogP contribution in [0.5, 0.6) is 0 Å². The van der Waals surface area contributed by atoms with Crippen molar-refractivity contribution in [2.75, 3.05) is 0 Å². The summed E-state index contributed by atoms with van der Waals surface area (Å²) in [6.07, 6.45) is 0.782. The summed E-state index contributed by atoms with van der Waals surface area (Å²) in [6, 6.07) is 1.25. The number of hydrogen-bond acceptors (Lipinski definition) is 2. The van der Waals surface area contributed by atoms with Crippen molar-refractivity contribution in [3.63, 3.8) is 0 Å². The van der Waals surface area contributed by atoms with Gasteiger partial charge in [0, 0.05) is 6.20 Å². The molecule has 0 aliphatic rings. The molecule has 0 bridgehead atoms. The van der Waals surface area contributed by atoms with E-state index < -0.39 is 12.1 Å². The van der Waals surface area contributed by atoms with Gasteiger partial charge >= 0.3 is 0 Å². The SMILES string of the molecule is Cc1cnc(F)cc1C(C)O. The Labute approximate surface area is 64.7 Å². The Morgan fingerprint density at radius 3 is 2.73 bits per heavy atom. The predicted octanol–water partition coefficient (Wildman–Crippen LogP) is 1.58. The van der Waals surface area contributed by atoms with Gasteiger partial charge in [-0.2, -0.15) is 4.39 Å². The van der Waals surface area contributed by atoms with Gasteiger partial charge in [-0.05, 0) is 31.0 Å². The molecule has 1 unspecified atom stereocenters. The fourth-order valence-electron chi connectivity index (χ4n) is 0.963. The minimum atomic E-state index is -0.632. The van der Waals surface area contributed by atoms with Gasteiger partial charge in [-0.25, -0.2) is 4.98 Å². The van der Waals surface area contributed by atoms with E-state index in [1.807, 2.05) is 0 Å². The maximum atomic E-state index is 12.5. The highest BCUT2D eigenvalue weighted by atomic mass is 19.1. The van der Waals surface area contributed by atoms with Crippen molar-refractivity contribution in [3.05, 3.63) is 29.3 Å². The van der Waals surface area contributed by atoms with Crippen molar-refractivity contribution < 1.29 is 9.50 Å². The van der Waals surface area contributed by atoms with Crippen molar-refractivity contribution in [2.24, 2.45) is 0 Å². The lowest BCUT2D eigenvalue weighted by Gasteiger charge is -2.06. The van der Waals surface area contributed by atoms with E-state index in [2.05, 4.69) is 4.98 Å². The lowest BCUT2D eigenvalue weighted by Crippen LogP contribution is -1.97. The van der Waals surface area contributed by atoms with Crippen LogP contribution in [-0.4, -0.2) is 10.1 Å². The number of aliphatic hydroxyl groups is 1. The maximum Gasteiger partial charge on any atom is 0.213 e. The van der Waals surface area contributed by atoms with Crippen LogP contribution in [0.3, 0.4) is 0 Å². The summed E-state index contributed by atoms with van der Waals surface area (Å²) in [4.78, 5) is 3.44. The van der Waals surface area contributed by atoms with E-state index >= 15 is 0 Å². The molecule has 1 heterocycles. The van der Waals surface area contributed by atoms with Gasteiger partial charge in [-0.3, -0.25) is 0 Å². The second-order valence-corrected chi connectivity index (χ2v) is 2.54. The van der Waals surface area contributed by atoms with Crippen LogP contribution in [0, 0.1) is 12.9 Å². The molecule has 1 aromatic rings. The Kier molecular flexibility index (Phi) is 2.19. The zero-order chi connectivity index (χ0) is 8.43. The number of hydrogen-bond donors (Lipinski definition) is 1. The summed E-state index contributed by atoms with van der Waals surface area (Å²) in [6.45, 7) is 3.39. The fourth-order valence-corrected chi connectivity index (χ4v) is 0.963. The normalized spacial score (nSPS) is 13.1. The van der Waals surface area contributed by atoms with Crippen molar-refractivity contribution >= 4 is 0 Å². The quantitative estimate of drug-likeness (QED) is 0.624. The maximum absolute atomic E-state index is 12.5. The molecule has 0 spiro atoms. The number of aliphatic hydroxyl groups excluding tert-OH is 1. The molecule has 0 amide bonds. The lowest BCUT2D eigenvalue weighted by molar-refractivity contribution is 0.198. The van der Waals surface area contributed by atoms with E-state index in [0.717, 1.165) is 5.56 Å². The van der Waals surface area contributed by atoms with Crippen LogP contribution in [0.15, 0.2) is 12.3 Å². The average molecular weight is 155 g/mol. The molecule has 1 atom stereocenters. The second kappa shape index (κ2) is 2.96. The molecule has 0 aliphatic carbocycles. The number of aryl methyl sites for hydroxylation is 1. The van der Waals surface area contributed by atoms with Crippen LogP contribution >= 0.6 is 0 Å².